The largest absolute Gasteiger partial charge is 0.447 e. The molecule has 0 aliphatic carbocycles. The van der Waals surface area contributed by atoms with Crippen LogP contribution in [-0.4, -0.2) is 17.8 Å². The van der Waals surface area contributed by atoms with Gasteiger partial charge in [0.05, 0.1) is 30.2 Å². The molecule has 1 N–H and O–H groups in total. The summed E-state index contributed by atoms with van der Waals surface area (Å²) in [6, 6.07) is 15.9. The maximum atomic E-state index is 9.99. The lowest BCUT2D eigenvalue weighted by atomic mass is 9.54. The molecule has 2 bridgehead atoms. The zero-order chi connectivity index (χ0) is 19.0. The fraction of sp³-hybridized carbons (Fsp3) is 0.500. The molecule has 0 spiro atoms. The average molecular weight is 348 g/mol. The lowest BCUT2D eigenvalue weighted by Crippen LogP contribution is -2.61. The van der Waals surface area contributed by atoms with Gasteiger partial charge in [-0.15, -0.1) is 0 Å². The van der Waals surface area contributed by atoms with Gasteiger partial charge in [-0.05, 0) is 18.4 Å². The molecule has 3 rings (SSSR count). The third-order valence-electron chi connectivity index (χ3n) is 5.95. The summed E-state index contributed by atoms with van der Waals surface area (Å²) in [7, 11) is 0. The number of nitrogens with zero attached hydrogens (tertiary/aromatic N) is 3. The quantitative estimate of drug-likeness (QED) is 0.896. The number of nitrogens with one attached hydrogen (secondary N) is 1. The van der Waals surface area contributed by atoms with Gasteiger partial charge in [0.1, 0.15) is 0 Å². The molecule has 132 valence electrons. The predicted molar refractivity (Wildman–Crippen MR) is 92.3 cm³/mol. The van der Waals surface area contributed by atoms with E-state index < -0.39 is 28.6 Å². The minimum atomic E-state index is -1.79. The minimum absolute atomic E-state index is 0.334. The van der Waals surface area contributed by atoms with Crippen LogP contribution >= 0.6 is 0 Å². The van der Waals surface area contributed by atoms with Crippen molar-refractivity contribution in [2.45, 2.75) is 45.0 Å². The van der Waals surface area contributed by atoms with Crippen molar-refractivity contribution < 1.29 is 9.47 Å². The van der Waals surface area contributed by atoms with Crippen LogP contribution in [0.25, 0.3) is 0 Å². The molecule has 2 aliphatic heterocycles. The van der Waals surface area contributed by atoms with Crippen molar-refractivity contribution >= 4 is 5.90 Å². The second-order valence-electron chi connectivity index (χ2n) is 6.90. The van der Waals surface area contributed by atoms with Gasteiger partial charge in [0.15, 0.2) is 10.8 Å². The first-order valence-electron chi connectivity index (χ1n) is 8.70. The SMILES string of the molecule is CCC12OC(=N)C(C#N)(C1C)C(C#N)(C#N)C(CCc1ccccc1)O2. The molecule has 0 saturated carbocycles. The molecule has 0 radical (unpaired) electrons. The zero-order valence-corrected chi connectivity index (χ0v) is 14.8. The summed E-state index contributed by atoms with van der Waals surface area (Å²) in [5.74, 6) is -2.07. The fourth-order valence-electron chi connectivity index (χ4n) is 4.36. The summed E-state index contributed by atoms with van der Waals surface area (Å²) in [6.07, 6.45) is 0.588. The Morgan fingerprint density at radius 2 is 1.77 bits per heavy atom. The van der Waals surface area contributed by atoms with Gasteiger partial charge in [-0.2, -0.15) is 15.8 Å². The number of aryl methyl sites for hydroxylation is 1. The van der Waals surface area contributed by atoms with Crippen molar-refractivity contribution in [2.24, 2.45) is 16.7 Å². The molecule has 0 aromatic heterocycles. The Hall–Kier alpha value is -2.88. The Kier molecular flexibility index (Phi) is 4.23. The molecule has 6 nitrogen and oxygen atoms in total. The molecule has 0 amide bonds. The molecule has 2 fully saturated rings. The molecular weight excluding hydrogens is 328 g/mol. The Bertz CT molecular complexity index is 833. The highest BCUT2D eigenvalue weighted by Gasteiger charge is 2.78. The first-order valence-corrected chi connectivity index (χ1v) is 8.70. The van der Waals surface area contributed by atoms with Crippen LogP contribution < -0.4 is 0 Å². The Morgan fingerprint density at radius 1 is 1.12 bits per heavy atom. The van der Waals surface area contributed by atoms with E-state index in [2.05, 4.69) is 6.07 Å². The van der Waals surface area contributed by atoms with E-state index in [-0.39, 0.29) is 5.90 Å². The number of nitriles is 3. The Labute approximate surface area is 153 Å². The van der Waals surface area contributed by atoms with Gasteiger partial charge in [0.25, 0.3) is 0 Å². The number of hydrogen-bond donors (Lipinski definition) is 1. The van der Waals surface area contributed by atoms with E-state index >= 15 is 0 Å². The van der Waals surface area contributed by atoms with Crippen LogP contribution in [0.5, 0.6) is 0 Å². The van der Waals surface area contributed by atoms with Crippen LogP contribution in [0.15, 0.2) is 30.3 Å². The van der Waals surface area contributed by atoms with Crippen molar-refractivity contribution in [1.82, 2.24) is 0 Å². The van der Waals surface area contributed by atoms with E-state index in [9.17, 15) is 15.8 Å². The van der Waals surface area contributed by atoms with E-state index in [1.165, 1.54) is 0 Å². The first kappa shape index (κ1) is 17.9. The minimum Gasteiger partial charge on any atom is -0.447 e. The highest BCUT2D eigenvalue weighted by atomic mass is 16.7. The smallest absolute Gasteiger partial charge is 0.216 e. The molecule has 4 unspecified atom stereocenters. The molecule has 2 saturated heterocycles. The molecule has 6 heteroatoms. The van der Waals surface area contributed by atoms with Crippen molar-refractivity contribution in [3.05, 3.63) is 35.9 Å². The third-order valence-corrected chi connectivity index (χ3v) is 5.95. The summed E-state index contributed by atoms with van der Waals surface area (Å²) in [6.45, 7) is 3.59. The lowest BCUT2D eigenvalue weighted by molar-refractivity contribution is -0.278. The van der Waals surface area contributed by atoms with Crippen LogP contribution in [0.3, 0.4) is 0 Å². The molecule has 4 atom stereocenters. The first-order chi connectivity index (χ1) is 12.5. The summed E-state index contributed by atoms with van der Waals surface area (Å²) < 4.78 is 11.9. The van der Waals surface area contributed by atoms with Gasteiger partial charge >= 0.3 is 0 Å². The van der Waals surface area contributed by atoms with Gasteiger partial charge in [-0.3, -0.25) is 5.41 Å². The third kappa shape index (κ3) is 2.02. The van der Waals surface area contributed by atoms with Crippen LogP contribution in [-0.2, 0) is 15.9 Å². The van der Waals surface area contributed by atoms with Gasteiger partial charge in [-0.25, -0.2) is 0 Å². The average Bonchev–Trinajstić information content (AvgIpc) is 2.84. The van der Waals surface area contributed by atoms with Gasteiger partial charge in [-0.1, -0.05) is 44.2 Å². The molecule has 2 aliphatic rings. The van der Waals surface area contributed by atoms with Crippen LogP contribution in [0.4, 0.5) is 0 Å². The number of ether oxygens (including phenoxy) is 2. The summed E-state index contributed by atoms with van der Waals surface area (Å²) in [5, 5.41) is 38.2. The highest BCUT2D eigenvalue weighted by Crippen LogP contribution is 2.63. The van der Waals surface area contributed by atoms with Crippen molar-refractivity contribution in [3.8, 4) is 18.2 Å². The van der Waals surface area contributed by atoms with E-state index in [0.717, 1.165) is 5.56 Å². The van der Waals surface area contributed by atoms with Crippen LogP contribution in [0, 0.1) is 56.2 Å². The second kappa shape index (κ2) is 6.13. The van der Waals surface area contributed by atoms with Gasteiger partial charge < -0.3 is 9.47 Å². The van der Waals surface area contributed by atoms with Crippen molar-refractivity contribution in [1.29, 1.82) is 21.2 Å². The molecular formula is C20H20N4O2. The summed E-state index contributed by atoms with van der Waals surface area (Å²) in [5.41, 5.74) is -2.37. The molecule has 2 heterocycles. The topological polar surface area (TPSA) is 114 Å². The maximum Gasteiger partial charge on any atom is 0.216 e. The lowest BCUT2D eigenvalue weighted by Gasteiger charge is -2.48. The predicted octanol–water partition coefficient (Wildman–Crippen LogP) is 3.31. The number of rotatable bonds is 4. The van der Waals surface area contributed by atoms with E-state index in [4.69, 9.17) is 14.9 Å². The van der Waals surface area contributed by atoms with E-state index in [1.54, 1.807) is 6.92 Å². The molecule has 1 aromatic carbocycles. The molecule has 26 heavy (non-hydrogen) atoms. The Balaban J connectivity index is 2.07. The van der Waals surface area contributed by atoms with Crippen LogP contribution in [0.1, 0.15) is 32.3 Å². The van der Waals surface area contributed by atoms with Crippen molar-refractivity contribution in [3.63, 3.8) is 0 Å². The second-order valence-corrected chi connectivity index (χ2v) is 6.90. The summed E-state index contributed by atoms with van der Waals surface area (Å²) >= 11 is 0. The maximum absolute atomic E-state index is 9.99. The monoisotopic (exact) mass is 348 g/mol. The van der Waals surface area contributed by atoms with Crippen LogP contribution in [0.2, 0.25) is 0 Å². The number of fused-ring (bicyclic) bond motifs is 2. The molecule has 1 aromatic rings. The zero-order valence-electron chi connectivity index (χ0n) is 14.8. The number of hydrogen-bond acceptors (Lipinski definition) is 6. The highest BCUT2D eigenvalue weighted by molar-refractivity contribution is 5.89. The van der Waals surface area contributed by atoms with Gasteiger partial charge in [0, 0.05) is 6.42 Å². The Morgan fingerprint density at radius 3 is 2.31 bits per heavy atom. The normalized spacial score (nSPS) is 34.2. The standard InChI is InChI=1S/C20H20N4O2/c1-3-20-14(2)19(13-23,17(24)26-20)18(11-21,12-22)16(25-20)10-9-15-7-5-4-6-8-15/h4-8,14,16,24H,3,9-10H2,1-2H3. The number of benzene rings is 1. The van der Waals surface area contributed by atoms with Gasteiger partial charge in [0.2, 0.25) is 11.7 Å². The van der Waals surface area contributed by atoms with Crippen molar-refractivity contribution in [2.75, 3.05) is 0 Å². The fourth-order valence-corrected chi connectivity index (χ4v) is 4.36. The van der Waals surface area contributed by atoms with E-state index in [1.807, 2.05) is 49.4 Å². The van der Waals surface area contributed by atoms with E-state index in [0.29, 0.717) is 19.3 Å². The summed E-state index contributed by atoms with van der Waals surface area (Å²) in [4.78, 5) is 0.